The first-order valence-corrected chi connectivity index (χ1v) is 6.28. The highest BCUT2D eigenvalue weighted by Crippen LogP contribution is 2.17. The smallest absolute Gasteiger partial charge is 0.233 e. The lowest BCUT2D eigenvalue weighted by atomic mass is 10.2. The van der Waals surface area contributed by atoms with Gasteiger partial charge in [-0.2, -0.15) is 11.3 Å². The molecule has 0 aromatic carbocycles. The molecule has 5 heteroatoms. The van der Waals surface area contributed by atoms with Crippen LogP contribution in [0.15, 0.2) is 21.2 Å². The van der Waals surface area contributed by atoms with E-state index in [0.29, 0.717) is 11.8 Å². The Kier molecular flexibility index (Phi) is 3.69. The molecule has 2 heterocycles. The Morgan fingerprint density at radius 2 is 2.38 bits per heavy atom. The van der Waals surface area contributed by atoms with Crippen LogP contribution in [-0.4, -0.2) is 17.2 Å². The SMILES string of the molecule is CCC(NC)c1nnc(Cc2ccsc2)o1. The number of hydrogen-bond donors (Lipinski definition) is 1. The number of aromatic nitrogens is 2. The predicted molar refractivity (Wildman–Crippen MR) is 63.5 cm³/mol. The molecule has 86 valence electrons. The molecule has 4 nitrogen and oxygen atoms in total. The van der Waals surface area contributed by atoms with E-state index in [9.17, 15) is 0 Å². The highest BCUT2D eigenvalue weighted by Gasteiger charge is 2.14. The molecular formula is C11H15N3OS. The molecule has 1 N–H and O–H groups in total. The van der Waals surface area contributed by atoms with Crippen molar-refractivity contribution in [2.24, 2.45) is 0 Å². The van der Waals surface area contributed by atoms with Gasteiger partial charge in [-0.05, 0) is 35.9 Å². The number of nitrogens with one attached hydrogen (secondary N) is 1. The lowest BCUT2D eigenvalue weighted by Crippen LogP contribution is -2.15. The van der Waals surface area contributed by atoms with Crippen molar-refractivity contribution in [1.82, 2.24) is 15.5 Å². The zero-order chi connectivity index (χ0) is 11.4. The van der Waals surface area contributed by atoms with Crippen molar-refractivity contribution in [3.05, 3.63) is 34.2 Å². The van der Waals surface area contributed by atoms with Gasteiger partial charge in [-0.1, -0.05) is 6.92 Å². The van der Waals surface area contributed by atoms with Crippen LogP contribution in [0.1, 0.15) is 36.7 Å². The Hall–Kier alpha value is -1.20. The maximum absolute atomic E-state index is 5.62. The fraction of sp³-hybridized carbons (Fsp3) is 0.455. The lowest BCUT2D eigenvalue weighted by Gasteiger charge is -2.06. The summed E-state index contributed by atoms with van der Waals surface area (Å²) >= 11 is 1.68. The van der Waals surface area contributed by atoms with Crippen LogP contribution >= 0.6 is 11.3 Å². The molecule has 0 aliphatic heterocycles. The highest BCUT2D eigenvalue weighted by atomic mass is 32.1. The van der Waals surface area contributed by atoms with E-state index in [4.69, 9.17) is 4.42 Å². The molecule has 16 heavy (non-hydrogen) atoms. The van der Waals surface area contributed by atoms with Crippen molar-refractivity contribution in [3.63, 3.8) is 0 Å². The third-order valence-corrected chi connectivity index (χ3v) is 3.20. The van der Waals surface area contributed by atoms with Gasteiger partial charge in [-0.3, -0.25) is 0 Å². The molecule has 0 saturated carbocycles. The van der Waals surface area contributed by atoms with Crippen molar-refractivity contribution >= 4 is 11.3 Å². The van der Waals surface area contributed by atoms with E-state index in [2.05, 4.69) is 39.3 Å². The minimum Gasteiger partial charge on any atom is -0.423 e. The fourth-order valence-electron chi connectivity index (χ4n) is 1.55. The topological polar surface area (TPSA) is 51.0 Å². The second kappa shape index (κ2) is 5.23. The van der Waals surface area contributed by atoms with Gasteiger partial charge in [-0.25, -0.2) is 0 Å². The summed E-state index contributed by atoms with van der Waals surface area (Å²) in [5, 5.41) is 15.4. The van der Waals surface area contributed by atoms with E-state index in [1.54, 1.807) is 11.3 Å². The van der Waals surface area contributed by atoms with Gasteiger partial charge in [0.15, 0.2) is 0 Å². The zero-order valence-electron chi connectivity index (χ0n) is 9.43. The Morgan fingerprint density at radius 1 is 1.50 bits per heavy atom. The third-order valence-electron chi connectivity index (χ3n) is 2.47. The summed E-state index contributed by atoms with van der Waals surface area (Å²) in [7, 11) is 1.90. The van der Waals surface area contributed by atoms with Crippen LogP contribution in [-0.2, 0) is 6.42 Å². The summed E-state index contributed by atoms with van der Waals surface area (Å²) in [6.07, 6.45) is 1.66. The van der Waals surface area contributed by atoms with Crippen molar-refractivity contribution < 1.29 is 4.42 Å². The normalized spacial score (nSPS) is 12.9. The Labute approximate surface area is 98.7 Å². The van der Waals surface area contributed by atoms with E-state index in [1.807, 2.05) is 7.05 Å². The zero-order valence-corrected chi connectivity index (χ0v) is 10.3. The summed E-state index contributed by atoms with van der Waals surface area (Å²) in [6.45, 7) is 2.09. The second-order valence-corrected chi connectivity index (χ2v) is 4.37. The number of rotatable bonds is 5. The number of thiophene rings is 1. The first kappa shape index (κ1) is 11.3. The van der Waals surface area contributed by atoms with E-state index in [0.717, 1.165) is 12.8 Å². The molecule has 0 amide bonds. The van der Waals surface area contributed by atoms with Crippen LogP contribution in [0.2, 0.25) is 0 Å². The Bertz CT molecular complexity index is 420. The summed E-state index contributed by atoms with van der Waals surface area (Å²) in [5.41, 5.74) is 1.22. The molecule has 0 aliphatic rings. The van der Waals surface area contributed by atoms with Crippen LogP contribution < -0.4 is 5.32 Å². The van der Waals surface area contributed by atoms with Gasteiger partial charge in [0.25, 0.3) is 0 Å². The van der Waals surface area contributed by atoms with Gasteiger partial charge < -0.3 is 9.73 Å². The molecule has 1 unspecified atom stereocenters. The summed E-state index contributed by atoms with van der Waals surface area (Å²) in [4.78, 5) is 0. The molecule has 0 saturated heterocycles. The number of hydrogen-bond acceptors (Lipinski definition) is 5. The molecule has 2 rings (SSSR count). The maximum atomic E-state index is 5.62. The largest absolute Gasteiger partial charge is 0.423 e. The van der Waals surface area contributed by atoms with Gasteiger partial charge in [0.2, 0.25) is 11.8 Å². The minimum atomic E-state index is 0.156. The molecule has 0 spiro atoms. The van der Waals surface area contributed by atoms with Crippen LogP contribution in [0.5, 0.6) is 0 Å². The van der Waals surface area contributed by atoms with E-state index in [1.165, 1.54) is 5.56 Å². The summed E-state index contributed by atoms with van der Waals surface area (Å²) in [5.74, 6) is 1.36. The van der Waals surface area contributed by atoms with Crippen molar-refractivity contribution in [1.29, 1.82) is 0 Å². The van der Waals surface area contributed by atoms with Crippen molar-refractivity contribution in [2.45, 2.75) is 25.8 Å². The molecule has 0 fully saturated rings. The quantitative estimate of drug-likeness (QED) is 0.867. The van der Waals surface area contributed by atoms with Gasteiger partial charge in [0, 0.05) is 0 Å². The van der Waals surface area contributed by atoms with Crippen LogP contribution in [0.25, 0.3) is 0 Å². The van der Waals surface area contributed by atoms with Crippen LogP contribution in [0.4, 0.5) is 0 Å². The van der Waals surface area contributed by atoms with Crippen LogP contribution in [0, 0.1) is 0 Å². The van der Waals surface area contributed by atoms with Gasteiger partial charge >= 0.3 is 0 Å². The Morgan fingerprint density at radius 3 is 3.00 bits per heavy atom. The molecular weight excluding hydrogens is 222 g/mol. The molecule has 0 aliphatic carbocycles. The van der Waals surface area contributed by atoms with Gasteiger partial charge in [-0.15, -0.1) is 10.2 Å². The van der Waals surface area contributed by atoms with Crippen molar-refractivity contribution in [3.8, 4) is 0 Å². The van der Waals surface area contributed by atoms with E-state index in [-0.39, 0.29) is 6.04 Å². The second-order valence-electron chi connectivity index (χ2n) is 3.59. The molecule has 2 aromatic rings. The fourth-order valence-corrected chi connectivity index (χ4v) is 2.22. The molecule has 1 atom stereocenters. The summed E-state index contributed by atoms with van der Waals surface area (Å²) < 4.78 is 5.62. The standard InChI is InChI=1S/C11H15N3OS/c1-3-9(12-2)11-14-13-10(15-11)6-8-4-5-16-7-8/h4-5,7,9,12H,3,6H2,1-2H3. The van der Waals surface area contributed by atoms with Gasteiger partial charge in [0.05, 0.1) is 12.5 Å². The Balaban J connectivity index is 2.07. The van der Waals surface area contributed by atoms with Crippen LogP contribution in [0.3, 0.4) is 0 Å². The number of nitrogens with zero attached hydrogens (tertiary/aromatic N) is 2. The summed E-state index contributed by atoms with van der Waals surface area (Å²) in [6, 6.07) is 2.23. The van der Waals surface area contributed by atoms with E-state index < -0.39 is 0 Å². The molecule has 0 radical (unpaired) electrons. The first-order chi connectivity index (χ1) is 7.83. The minimum absolute atomic E-state index is 0.156. The third kappa shape index (κ3) is 2.48. The highest BCUT2D eigenvalue weighted by molar-refractivity contribution is 7.07. The molecule has 0 bridgehead atoms. The maximum Gasteiger partial charge on any atom is 0.233 e. The predicted octanol–water partition coefficient (Wildman–Crippen LogP) is 2.39. The van der Waals surface area contributed by atoms with Gasteiger partial charge in [0.1, 0.15) is 0 Å². The van der Waals surface area contributed by atoms with Crippen molar-refractivity contribution in [2.75, 3.05) is 7.05 Å². The molecule has 2 aromatic heterocycles. The lowest BCUT2D eigenvalue weighted by molar-refractivity contribution is 0.390. The first-order valence-electron chi connectivity index (χ1n) is 5.34. The average Bonchev–Trinajstić information content (AvgIpc) is 2.93. The van der Waals surface area contributed by atoms with E-state index >= 15 is 0 Å². The monoisotopic (exact) mass is 237 g/mol. The average molecular weight is 237 g/mol.